The Bertz CT molecular complexity index is 1070. The number of alkyl halides is 6. The van der Waals surface area contributed by atoms with Crippen molar-refractivity contribution in [2.75, 3.05) is 17.3 Å². The second-order valence-corrected chi connectivity index (χ2v) is 9.77. The molecule has 2 aromatic carbocycles. The number of halogens is 8. The maximum Gasteiger partial charge on any atom is 0.432 e. The van der Waals surface area contributed by atoms with Crippen molar-refractivity contribution < 1.29 is 35.9 Å². The standard InChI is InChI=1S/C21H18Br2F6N2O2S/c1-10(9-34-2)30-18(33)16-12(4-3-5-13(16)22)17(32)31-15-7-6-11(8-14(15)23)20(26,19(24)25)21(27,28)29/h3-8,10,19H,9H2,1-2H3,(H,30,33)(H,31,32)/t10-,20?/m0/s1. The second-order valence-electron chi connectivity index (χ2n) is 7.15. The number of carbonyl (C=O) groups excluding carboxylic acids is 2. The molecule has 4 nitrogen and oxygen atoms in total. The van der Waals surface area contributed by atoms with Crippen LogP contribution in [0.3, 0.4) is 0 Å². The molecule has 0 saturated heterocycles. The van der Waals surface area contributed by atoms with E-state index < -0.39 is 35.6 Å². The topological polar surface area (TPSA) is 58.2 Å². The maximum absolute atomic E-state index is 14.3. The van der Waals surface area contributed by atoms with E-state index in [0.29, 0.717) is 22.4 Å². The molecule has 1 unspecified atom stereocenters. The van der Waals surface area contributed by atoms with Crippen molar-refractivity contribution in [2.24, 2.45) is 0 Å². The Labute approximate surface area is 212 Å². The Kier molecular flexibility index (Phi) is 9.51. The highest BCUT2D eigenvalue weighted by atomic mass is 79.9. The van der Waals surface area contributed by atoms with Crippen molar-refractivity contribution in [1.82, 2.24) is 5.32 Å². The van der Waals surface area contributed by atoms with Gasteiger partial charge in [0.1, 0.15) is 0 Å². The number of nitrogens with one attached hydrogen (secondary N) is 2. The molecule has 13 heteroatoms. The summed E-state index contributed by atoms with van der Waals surface area (Å²) in [5.41, 5.74) is -6.36. The predicted molar refractivity (Wildman–Crippen MR) is 126 cm³/mol. The third-order valence-corrected chi connectivity index (χ3v) is 6.78. The van der Waals surface area contributed by atoms with Crippen LogP contribution in [0.25, 0.3) is 0 Å². The number of hydrogen-bond donors (Lipinski definition) is 2. The Hall–Kier alpha value is -1.73. The van der Waals surface area contributed by atoms with E-state index in [9.17, 15) is 35.9 Å². The zero-order valence-electron chi connectivity index (χ0n) is 17.6. The molecule has 0 bridgehead atoms. The van der Waals surface area contributed by atoms with Gasteiger partial charge in [-0.05, 0) is 69.3 Å². The van der Waals surface area contributed by atoms with Crippen molar-refractivity contribution in [2.45, 2.75) is 31.2 Å². The average Bonchev–Trinajstić information content (AvgIpc) is 2.73. The van der Waals surface area contributed by atoms with Crippen LogP contribution in [0.1, 0.15) is 33.2 Å². The van der Waals surface area contributed by atoms with Crippen LogP contribution in [0, 0.1) is 0 Å². The van der Waals surface area contributed by atoms with Crippen LogP contribution in [-0.2, 0) is 5.67 Å². The van der Waals surface area contributed by atoms with Gasteiger partial charge >= 0.3 is 6.18 Å². The first-order valence-electron chi connectivity index (χ1n) is 9.47. The molecule has 2 aromatic rings. The van der Waals surface area contributed by atoms with Gasteiger partial charge in [-0.25, -0.2) is 13.2 Å². The molecule has 0 aliphatic heterocycles. The average molecular weight is 636 g/mol. The molecule has 0 radical (unpaired) electrons. The van der Waals surface area contributed by atoms with Crippen LogP contribution in [-0.4, -0.2) is 42.5 Å². The molecule has 2 atom stereocenters. The monoisotopic (exact) mass is 634 g/mol. The fourth-order valence-corrected chi connectivity index (χ4v) is 4.59. The Morgan fingerprint density at radius 2 is 1.68 bits per heavy atom. The Morgan fingerprint density at radius 3 is 2.21 bits per heavy atom. The van der Waals surface area contributed by atoms with Gasteiger partial charge in [-0.2, -0.15) is 24.9 Å². The van der Waals surface area contributed by atoms with E-state index in [0.717, 1.165) is 6.07 Å². The molecule has 0 heterocycles. The number of anilines is 1. The maximum atomic E-state index is 14.3. The summed E-state index contributed by atoms with van der Waals surface area (Å²) in [6.07, 6.45) is -8.36. The predicted octanol–water partition coefficient (Wildman–Crippen LogP) is 6.94. The van der Waals surface area contributed by atoms with Crippen molar-refractivity contribution >= 4 is 61.1 Å². The normalized spacial score (nSPS) is 14.4. The van der Waals surface area contributed by atoms with Gasteiger partial charge in [0.15, 0.2) is 0 Å². The van der Waals surface area contributed by atoms with E-state index in [-0.39, 0.29) is 27.3 Å². The van der Waals surface area contributed by atoms with E-state index in [1.165, 1.54) is 23.9 Å². The lowest BCUT2D eigenvalue weighted by atomic mass is 9.95. The Balaban J connectivity index is 2.37. The molecular formula is C21H18Br2F6N2O2S. The van der Waals surface area contributed by atoms with Gasteiger partial charge in [0, 0.05) is 26.3 Å². The number of amides is 2. The SMILES string of the molecule is CSC[C@H](C)NC(=O)c1c(Br)cccc1C(=O)Nc1ccc(C(F)(C(F)F)C(F)(F)F)cc1Br. The molecule has 0 aliphatic rings. The largest absolute Gasteiger partial charge is 0.432 e. The van der Waals surface area contributed by atoms with Crippen molar-refractivity contribution in [3.63, 3.8) is 0 Å². The van der Waals surface area contributed by atoms with Crippen LogP contribution in [0.5, 0.6) is 0 Å². The van der Waals surface area contributed by atoms with E-state index >= 15 is 0 Å². The van der Waals surface area contributed by atoms with Crippen LogP contribution in [0.15, 0.2) is 45.3 Å². The molecule has 34 heavy (non-hydrogen) atoms. The fraction of sp³-hybridized carbons (Fsp3) is 0.333. The van der Waals surface area contributed by atoms with Gasteiger partial charge in [-0.3, -0.25) is 9.59 Å². The third-order valence-electron chi connectivity index (χ3n) is 4.63. The number of benzene rings is 2. The number of carbonyl (C=O) groups is 2. The van der Waals surface area contributed by atoms with Crippen molar-refractivity contribution in [1.29, 1.82) is 0 Å². The summed E-state index contributed by atoms with van der Waals surface area (Å²) in [5, 5.41) is 5.15. The quantitative estimate of drug-likeness (QED) is 0.309. The minimum atomic E-state index is -5.86. The van der Waals surface area contributed by atoms with Gasteiger partial charge in [0.05, 0.1) is 16.8 Å². The van der Waals surface area contributed by atoms with E-state index in [2.05, 4.69) is 42.5 Å². The lowest BCUT2D eigenvalue weighted by Gasteiger charge is -2.27. The summed E-state index contributed by atoms with van der Waals surface area (Å²) in [4.78, 5) is 25.6. The van der Waals surface area contributed by atoms with Gasteiger partial charge in [-0.1, -0.05) is 12.1 Å². The highest BCUT2D eigenvalue weighted by Gasteiger charge is 2.64. The van der Waals surface area contributed by atoms with Crippen LogP contribution >= 0.6 is 43.6 Å². The smallest absolute Gasteiger partial charge is 0.349 e. The molecule has 0 saturated carbocycles. The zero-order chi connectivity index (χ0) is 25.8. The van der Waals surface area contributed by atoms with Gasteiger partial charge in [-0.15, -0.1) is 0 Å². The van der Waals surface area contributed by atoms with Gasteiger partial charge in [0.2, 0.25) is 0 Å². The summed E-state index contributed by atoms with van der Waals surface area (Å²) in [5.74, 6) is -0.699. The Morgan fingerprint density at radius 1 is 1.03 bits per heavy atom. The summed E-state index contributed by atoms with van der Waals surface area (Å²) in [6, 6.07) is 6.12. The van der Waals surface area contributed by atoms with E-state index in [1.807, 2.05) is 6.26 Å². The first-order valence-corrected chi connectivity index (χ1v) is 12.5. The third kappa shape index (κ3) is 6.09. The van der Waals surface area contributed by atoms with Crippen molar-refractivity contribution in [3.05, 3.63) is 62.0 Å². The molecule has 186 valence electrons. The zero-order valence-corrected chi connectivity index (χ0v) is 21.6. The molecule has 2 amide bonds. The molecule has 0 aliphatic carbocycles. The minimum absolute atomic E-state index is 0.0262. The molecule has 0 spiro atoms. The lowest BCUT2D eigenvalue weighted by Crippen LogP contribution is -2.44. The summed E-state index contributed by atoms with van der Waals surface area (Å²) in [6.45, 7) is 1.79. The van der Waals surface area contributed by atoms with Gasteiger partial charge in [0.25, 0.3) is 23.9 Å². The highest BCUT2D eigenvalue weighted by Crippen LogP contribution is 2.48. The summed E-state index contributed by atoms with van der Waals surface area (Å²) in [7, 11) is 0. The van der Waals surface area contributed by atoms with Crippen LogP contribution in [0.2, 0.25) is 0 Å². The summed E-state index contributed by atoms with van der Waals surface area (Å²) < 4.78 is 79.4. The van der Waals surface area contributed by atoms with Gasteiger partial charge < -0.3 is 10.6 Å². The second kappa shape index (κ2) is 11.3. The molecule has 2 rings (SSSR count). The first-order chi connectivity index (χ1) is 15.7. The molecule has 2 N–H and O–H groups in total. The highest BCUT2D eigenvalue weighted by molar-refractivity contribution is 9.11. The molecule has 0 aromatic heterocycles. The lowest BCUT2D eigenvalue weighted by molar-refractivity contribution is -0.274. The van der Waals surface area contributed by atoms with Crippen LogP contribution in [0.4, 0.5) is 32.0 Å². The van der Waals surface area contributed by atoms with Crippen LogP contribution < -0.4 is 10.6 Å². The number of thioether (sulfide) groups is 1. The molecule has 0 fully saturated rings. The first kappa shape index (κ1) is 28.5. The van der Waals surface area contributed by atoms with E-state index in [4.69, 9.17) is 0 Å². The number of rotatable bonds is 8. The van der Waals surface area contributed by atoms with E-state index in [1.54, 1.807) is 13.0 Å². The van der Waals surface area contributed by atoms with Crippen molar-refractivity contribution in [3.8, 4) is 0 Å². The fourth-order valence-electron chi connectivity index (χ4n) is 2.98. The minimum Gasteiger partial charge on any atom is -0.349 e. The summed E-state index contributed by atoms with van der Waals surface area (Å²) >= 11 is 7.63. The molecular weight excluding hydrogens is 618 g/mol. The number of hydrogen-bond acceptors (Lipinski definition) is 3.